The van der Waals surface area contributed by atoms with E-state index < -0.39 is 33.6 Å². The van der Waals surface area contributed by atoms with E-state index in [-0.39, 0.29) is 35.7 Å². The van der Waals surface area contributed by atoms with Crippen LogP contribution in [0.3, 0.4) is 0 Å². The fourth-order valence-corrected chi connectivity index (χ4v) is 5.51. The summed E-state index contributed by atoms with van der Waals surface area (Å²) >= 11 is 24.4. The predicted octanol–water partition coefficient (Wildman–Crippen LogP) is 5.62. The van der Waals surface area contributed by atoms with Crippen molar-refractivity contribution in [2.75, 3.05) is 6.54 Å². The maximum absolute atomic E-state index is 13.2. The zero-order chi connectivity index (χ0) is 26.8. The van der Waals surface area contributed by atoms with Crippen LogP contribution in [0.15, 0.2) is 48.2 Å². The Morgan fingerprint density at radius 1 is 1.06 bits per heavy atom. The summed E-state index contributed by atoms with van der Waals surface area (Å²) < 4.78 is 34.8. The second-order valence-electron chi connectivity index (χ2n) is 8.67. The van der Waals surface area contributed by atoms with Gasteiger partial charge in [0, 0.05) is 38.4 Å². The van der Waals surface area contributed by atoms with Crippen molar-refractivity contribution in [2.45, 2.75) is 32.9 Å². The maximum Gasteiger partial charge on any atom is 0.337 e. The second kappa shape index (κ2) is 11.2. The molecule has 1 aliphatic rings. The van der Waals surface area contributed by atoms with Gasteiger partial charge >= 0.3 is 22.1 Å². The van der Waals surface area contributed by atoms with Crippen LogP contribution in [-0.4, -0.2) is 36.3 Å². The number of rotatable bonds is 8. The van der Waals surface area contributed by atoms with E-state index in [1.807, 2.05) is 0 Å². The van der Waals surface area contributed by atoms with Gasteiger partial charge in [0.2, 0.25) is 0 Å². The number of halogens is 4. The van der Waals surface area contributed by atoms with Crippen LogP contribution in [0.2, 0.25) is 20.1 Å². The molecule has 13 heteroatoms. The molecular weight excluding hydrogens is 574 g/mol. The van der Waals surface area contributed by atoms with Crippen molar-refractivity contribution in [3.63, 3.8) is 0 Å². The molecule has 2 N–H and O–H groups in total. The molecule has 0 amide bonds. The van der Waals surface area contributed by atoms with Crippen molar-refractivity contribution in [1.82, 2.24) is 9.03 Å². The Hall–Kier alpha value is -2.01. The average Bonchev–Trinajstić information content (AvgIpc) is 2.77. The van der Waals surface area contributed by atoms with E-state index in [1.54, 1.807) is 12.1 Å². The van der Waals surface area contributed by atoms with Gasteiger partial charge in [-0.15, -0.1) is 0 Å². The first-order chi connectivity index (χ1) is 16.7. The SMILES string of the molecule is CC(C)(CCN1C=C(C(=O)OCc2ccc(Cl)cc2Cl)C(c2ccc(Cl)cc2Cl)NS1(=O)=O)C(=O)O. The number of hydrogen-bond acceptors (Lipinski definition) is 5. The number of carbonyl (C=O) groups is 2. The monoisotopic (exact) mass is 594 g/mol. The lowest BCUT2D eigenvalue weighted by atomic mass is 9.90. The minimum atomic E-state index is -4.16. The van der Waals surface area contributed by atoms with E-state index in [2.05, 4.69) is 4.72 Å². The highest BCUT2D eigenvalue weighted by molar-refractivity contribution is 7.87. The van der Waals surface area contributed by atoms with Crippen LogP contribution in [0.25, 0.3) is 0 Å². The normalized spacial score (nSPS) is 17.4. The second-order valence-corrected chi connectivity index (χ2v) is 12.0. The van der Waals surface area contributed by atoms with Crippen LogP contribution in [0.4, 0.5) is 0 Å². The molecule has 2 aromatic carbocycles. The molecule has 194 valence electrons. The highest BCUT2D eigenvalue weighted by atomic mass is 35.5. The van der Waals surface area contributed by atoms with Gasteiger partial charge in [-0.2, -0.15) is 13.1 Å². The first-order valence-electron chi connectivity index (χ1n) is 10.5. The number of nitrogens with zero attached hydrogens (tertiary/aromatic N) is 1. The van der Waals surface area contributed by atoms with E-state index in [9.17, 15) is 23.1 Å². The highest BCUT2D eigenvalue weighted by Gasteiger charge is 2.38. The summed E-state index contributed by atoms with van der Waals surface area (Å²) in [5, 5.41) is 10.6. The molecule has 0 fully saturated rings. The zero-order valence-electron chi connectivity index (χ0n) is 19.1. The molecule has 1 aliphatic heterocycles. The van der Waals surface area contributed by atoms with Gasteiger partial charge in [0.1, 0.15) is 6.61 Å². The predicted molar refractivity (Wildman–Crippen MR) is 138 cm³/mol. The molecule has 0 radical (unpaired) electrons. The number of carboxylic acid groups (broad SMARTS) is 1. The topological polar surface area (TPSA) is 113 Å². The Bertz CT molecular complexity index is 1330. The van der Waals surface area contributed by atoms with E-state index >= 15 is 0 Å². The van der Waals surface area contributed by atoms with Gasteiger partial charge in [0.25, 0.3) is 0 Å². The quantitative estimate of drug-likeness (QED) is 0.383. The molecule has 36 heavy (non-hydrogen) atoms. The van der Waals surface area contributed by atoms with E-state index in [0.717, 1.165) is 10.5 Å². The molecule has 1 unspecified atom stereocenters. The number of nitrogens with one attached hydrogen (secondary N) is 1. The van der Waals surface area contributed by atoms with Crippen LogP contribution in [0, 0.1) is 5.41 Å². The maximum atomic E-state index is 13.2. The lowest BCUT2D eigenvalue weighted by Crippen LogP contribution is -2.47. The third kappa shape index (κ3) is 6.65. The fourth-order valence-electron chi connectivity index (χ4n) is 3.26. The third-order valence-corrected chi connectivity index (χ3v) is 8.18. The number of ether oxygens (including phenoxy) is 1. The Balaban J connectivity index is 1.97. The number of hydrogen-bond donors (Lipinski definition) is 2. The Kier molecular flexibility index (Phi) is 8.86. The zero-order valence-corrected chi connectivity index (χ0v) is 22.9. The molecule has 0 aromatic heterocycles. The molecule has 3 rings (SSSR count). The van der Waals surface area contributed by atoms with Gasteiger partial charge in [-0.05, 0) is 50.1 Å². The average molecular weight is 596 g/mol. The van der Waals surface area contributed by atoms with E-state index in [4.69, 9.17) is 51.1 Å². The van der Waals surface area contributed by atoms with Crippen LogP contribution < -0.4 is 4.72 Å². The number of aliphatic carboxylic acids is 1. The van der Waals surface area contributed by atoms with Crippen molar-refractivity contribution >= 4 is 68.6 Å². The summed E-state index contributed by atoms with van der Waals surface area (Å²) in [6.07, 6.45) is 1.11. The minimum Gasteiger partial charge on any atom is -0.481 e. The minimum absolute atomic E-state index is 0.0190. The Morgan fingerprint density at radius 2 is 1.67 bits per heavy atom. The standard InChI is InChI=1S/C23H22Cl4N2O6S/c1-23(2,22(31)32)7-8-29-11-17(21(30)35-12-13-3-4-14(24)9-18(13)26)20(28-36(29,33)34)16-6-5-15(25)10-19(16)27/h3-6,9-11,20,28H,7-8,12H2,1-2H3,(H,31,32). The molecule has 1 atom stereocenters. The van der Waals surface area contributed by atoms with Crippen LogP contribution >= 0.6 is 46.4 Å². The molecule has 0 aliphatic carbocycles. The van der Waals surface area contributed by atoms with Crippen molar-refractivity contribution in [3.05, 3.63) is 79.4 Å². The highest BCUT2D eigenvalue weighted by Crippen LogP contribution is 2.35. The number of carbonyl (C=O) groups excluding carboxylic acids is 1. The van der Waals surface area contributed by atoms with E-state index in [0.29, 0.717) is 20.6 Å². The third-order valence-electron chi connectivity index (χ3n) is 5.59. The van der Waals surface area contributed by atoms with Crippen molar-refractivity contribution in [1.29, 1.82) is 0 Å². The summed E-state index contributed by atoms with van der Waals surface area (Å²) in [4.78, 5) is 24.7. The lowest BCUT2D eigenvalue weighted by molar-refractivity contribution is -0.147. The number of benzene rings is 2. The van der Waals surface area contributed by atoms with Crippen molar-refractivity contribution in [3.8, 4) is 0 Å². The van der Waals surface area contributed by atoms with Crippen molar-refractivity contribution < 1.29 is 27.9 Å². The van der Waals surface area contributed by atoms with Gasteiger partial charge in [-0.25, -0.2) is 4.79 Å². The molecule has 0 saturated carbocycles. The van der Waals surface area contributed by atoms with Gasteiger partial charge in [-0.3, -0.25) is 9.10 Å². The van der Waals surface area contributed by atoms with Crippen molar-refractivity contribution in [2.24, 2.45) is 5.41 Å². The summed E-state index contributed by atoms with van der Waals surface area (Å²) in [5.74, 6) is -1.92. The summed E-state index contributed by atoms with van der Waals surface area (Å²) in [6, 6.07) is 7.94. The van der Waals surface area contributed by atoms with E-state index in [1.165, 1.54) is 38.1 Å². The van der Waals surface area contributed by atoms with Crippen LogP contribution in [0.1, 0.15) is 37.4 Å². The number of esters is 1. The van der Waals surface area contributed by atoms with Gasteiger partial charge in [0.15, 0.2) is 0 Å². The van der Waals surface area contributed by atoms with Crippen LogP contribution in [-0.2, 0) is 31.1 Å². The lowest BCUT2D eigenvalue weighted by Gasteiger charge is -2.33. The molecular formula is C23H22Cl4N2O6S. The van der Waals surface area contributed by atoms with Gasteiger partial charge < -0.3 is 9.84 Å². The number of carboxylic acids is 1. The molecule has 1 heterocycles. The Morgan fingerprint density at radius 3 is 2.25 bits per heavy atom. The summed E-state index contributed by atoms with van der Waals surface area (Å²) in [7, 11) is -4.16. The Labute approximate surface area is 228 Å². The van der Waals surface area contributed by atoms with Crippen LogP contribution in [0.5, 0.6) is 0 Å². The smallest absolute Gasteiger partial charge is 0.337 e. The molecule has 0 bridgehead atoms. The van der Waals surface area contributed by atoms with Gasteiger partial charge in [0.05, 0.1) is 17.0 Å². The molecule has 8 nitrogen and oxygen atoms in total. The largest absolute Gasteiger partial charge is 0.481 e. The molecule has 2 aromatic rings. The van der Waals surface area contributed by atoms with Gasteiger partial charge in [-0.1, -0.05) is 58.5 Å². The fraction of sp³-hybridized carbons (Fsp3) is 0.304. The first-order valence-corrected chi connectivity index (χ1v) is 13.5. The first kappa shape index (κ1) is 28.6. The molecule has 0 saturated heterocycles. The summed E-state index contributed by atoms with van der Waals surface area (Å²) in [5.41, 5.74) is -0.492. The molecule has 0 spiro atoms. The summed E-state index contributed by atoms with van der Waals surface area (Å²) in [6.45, 7) is 2.55.